The molecule has 0 bridgehead atoms. The summed E-state index contributed by atoms with van der Waals surface area (Å²) < 4.78 is 13.3. The summed E-state index contributed by atoms with van der Waals surface area (Å²) in [5.41, 5.74) is 10.6. The van der Waals surface area contributed by atoms with Crippen molar-refractivity contribution in [1.29, 1.82) is 0 Å². The van der Waals surface area contributed by atoms with E-state index in [1.165, 1.54) is 0 Å². The lowest BCUT2D eigenvalue weighted by molar-refractivity contribution is -0.255. The molecule has 0 amide bonds. The smallest absolute Gasteiger partial charge is 0.185 e. The monoisotopic (exact) mass is 499 g/mol. The van der Waals surface area contributed by atoms with Gasteiger partial charge in [-0.2, -0.15) is 0 Å². The van der Waals surface area contributed by atoms with Crippen molar-refractivity contribution in [3.8, 4) is 5.75 Å². The minimum atomic E-state index is -0.582. The number of nitrogen functional groups attached to an aromatic ring is 1. The predicted octanol–water partition coefficient (Wildman–Crippen LogP) is 6.20. The number of hydrogen-bond donors (Lipinski definition) is 3. The van der Waals surface area contributed by atoms with Crippen molar-refractivity contribution in [3.05, 3.63) is 125 Å². The first-order valence-electron chi connectivity index (χ1n) is 11.9. The highest BCUT2D eigenvalue weighted by molar-refractivity contribution is 7.99. The summed E-state index contributed by atoms with van der Waals surface area (Å²) in [7, 11) is 0. The first kappa shape index (κ1) is 24.4. The molecule has 36 heavy (non-hydrogen) atoms. The molecule has 4 aromatic carbocycles. The Morgan fingerprint density at radius 2 is 1.47 bits per heavy atom. The largest absolute Gasteiger partial charge is 0.508 e. The van der Waals surface area contributed by atoms with Crippen molar-refractivity contribution in [1.82, 2.24) is 0 Å². The molecule has 184 valence electrons. The van der Waals surface area contributed by atoms with Crippen LogP contribution in [0, 0.1) is 0 Å². The fraction of sp³-hybridized carbons (Fsp3) is 0.200. The third-order valence-corrected chi connectivity index (χ3v) is 7.51. The Hall–Kier alpha value is -3.29. The number of phenols is 1. The normalized spacial score (nSPS) is 21.8. The van der Waals surface area contributed by atoms with Crippen LogP contribution >= 0.6 is 11.8 Å². The third-order valence-electron chi connectivity index (χ3n) is 6.40. The van der Waals surface area contributed by atoms with Crippen molar-refractivity contribution in [3.63, 3.8) is 0 Å². The van der Waals surface area contributed by atoms with Gasteiger partial charge in [0.05, 0.1) is 18.8 Å². The van der Waals surface area contributed by atoms with E-state index in [0.717, 1.165) is 27.1 Å². The van der Waals surface area contributed by atoms with Crippen LogP contribution in [-0.4, -0.2) is 22.1 Å². The van der Waals surface area contributed by atoms with Gasteiger partial charge in [-0.15, -0.1) is 11.8 Å². The Labute approximate surface area is 215 Å². The summed E-state index contributed by atoms with van der Waals surface area (Å²) in [5.74, 6) is 0.877. The number of thioether (sulfide) groups is 1. The van der Waals surface area contributed by atoms with Gasteiger partial charge in [-0.3, -0.25) is 0 Å². The Bertz CT molecular complexity index is 1260. The highest BCUT2D eigenvalue weighted by Gasteiger charge is 2.41. The lowest BCUT2D eigenvalue weighted by atomic mass is 9.84. The zero-order chi connectivity index (χ0) is 24.9. The molecule has 1 saturated heterocycles. The van der Waals surface area contributed by atoms with Crippen LogP contribution in [0.5, 0.6) is 5.75 Å². The van der Waals surface area contributed by atoms with Gasteiger partial charge in [-0.1, -0.05) is 66.7 Å². The first-order chi connectivity index (χ1) is 17.6. The maximum absolute atomic E-state index is 9.67. The maximum atomic E-state index is 9.67. The first-order valence-corrected chi connectivity index (χ1v) is 12.9. The molecule has 0 aromatic heterocycles. The van der Waals surface area contributed by atoms with Crippen LogP contribution in [0.3, 0.4) is 0 Å². The number of hydrogen-bond acceptors (Lipinski definition) is 6. The summed E-state index contributed by atoms with van der Waals surface area (Å²) in [6.45, 7) is -0.00512. The second kappa shape index (κ2) is 11.2. The molecule has 1 aliphatic heterocycles. The van der Waals surface area contributed by atoms with Crippen molar-refractivity contribution in [2.45, 2.75) is 35.9 Å². The molecule has 1 fully saturated rings. The summed E-state index contributed by atoms with van der Waals surface area (Å²) in [5, 5.41) is 19.2. The van der Waals surface area contributed by atoms with E-state index in [9.17, 15) is 10.2 Å². The van der Waals surface area contributed by atoms with Gasteiger partial charge in [0.15, 0.2) is 6.29 Å². The summed E-state index contributed by atoms with van der Waals surface area (Å²) in [6.07, 6.45) is -1.03. The summed E-state index contributed by atoms with van der Waals surface area (Å²) >= 11 is 1.69. The van der Waals surface area contributed by atoms with Gasteiger partial charge in [0, 0.05) is 27.8 Å². The van der Waals surface area contributed by atoms with E-state index in [4.69, 9.17) is 15.2 Å². The van der Waals surface area contributed by atoms with Gasteiger partial charge in [0.1, 0.15) is 5.75 Å². The van der Waals surface area contributed by atoms with Crippen LogP contribution in [0.4, 0.5) is 5.69 Å². The van der Waals surface area contributed by atoms with Crippen LogP contribution in [0.25, 0.3) is 0 Å². The Balaban J connectivity index is 1.53. The van der Waals surface area contributed by atoms with Crippen LogP contribution in [0.1, 0.15) is 40.6 Å². The van der Waals surface area contributed by atoms with E-state index >= 15 is 0 Å². The van der Waals surface area contributed by atoms with Crippen molar-refractivity contribution in [2.75, 3.05) is 11.5 Å². The average Bonchev–Trinajstić information content (AvgIpc) is 2.93. The fourth-order valence-corrected chi connectivity index (χ4v) is 5.55. The highest BCUT2D eigenvalue weighted by atomic mass is 32.2. The molecule has 1 heterocycles. The molecule has 1 aliphatic rings. The number of benzene rings is 4. The van der Waals surface area contributed by atoms with Crippen LogP contribution in [-0.2, 0) is 16.1 Å². The van der Waals surface area contributed by atoms with Gasteiger partial charge in [-0.25, -0.2) is 0 Å². The van der Waals surface area contributed by atoms with Crippen LogP contribution in [0.2, 0.25) is 0 Å². The zero-order valence-corrected chi connectivity index (χ0v) is 20.6. The molecule has 0 aliphatic carbocycles. The van der Waals surface area contributed by atoms with Gasteiger partial charge in [-0.05, 0) is 53.1 Å². The molecule has 5 nitrogen and oxygen atoms in total. The molecule has 5 rings (SSSR count). The van der Waals surface area contributed by atoms with Crippen molar-refractivity contribution >= 4 is 17.4 Å². The Kier molecular flexibility index (Phi) is 7.58. The van der Waals surface area contributed by atoms with Gasteiger partial charge < -0.3 is 25.4 Å². The number of nitrogens with two attached hydrogens (primary N) is 1. The molecule has 0 spiro atoms. The molecule has 4 atom stereocenters. The quantitative estimate of drug-likeness (QED) is 0.207. The predicted molar refractivity (Wildman–Crippen MR) is 143 cm³/mol. The fourth-order valence-electron chi connectivity index (χ4n) is 4.58. The number of aliphatic hydroxyl groups excluding tert-OH is 1. The number of ether oxygens (including phenoxy) is 2. The number of aliphatic hydroxyl groups is 1. The number of rotatable bonds is 7. The molecule has 6 heteroatoms. The molecule has 4 aromatic rings. The Morgan fingerprint density at radius 1 is 0.750 bits per heavy atom. The lowest BCUT2D eigenvalue weighted by Crippen LogP contribution is -2.38. The minimum absolute atomic E-state index is 0.00512. The Morgan fingerprint density at radius 3 is 2.17 bits per heavy atom. The molecular formula is C30H29NO4S. The summed E-state index contributed by atoms with van der Waals surface area (Å²) in [4.78, 5) is 1.05. The van der Waals surface area contributed by atoms with Gasteiger partial charge in [0.25, 0.3) is 0 Å². The third kappa shape index (κ3) is 5.58. The lowest BCUT2D eigenvalue weighted by Gasteiger charge is -2.43. The standard InChI is InChI=1S/C30H29NO4S/c31-24-8-4-7-23(17-24)30-34-27(19-36-26-15-13-25(33)14-16-26)28(21-5-2-1-3-6-21)29(35-30)22-11-9-20(18-32)10-12-22/h1-17,27-30,32-33H,18-19,31H2/t27-,28-,29+,30?/m1/s1. The van der Waals surface area contributed by atoms with E-state index in [-0.39, 0.29) is 30.5 Å². The molecule has 4 N–H and O–H groups in total. The summed E-state index contributed by atoms with van der Waals surface area (Å²) in [6, 6.07) is 33.1. The van der Waals surface area contributed by atoms with E-state index in [0.29, 0.717) is 11.4 Å². The second-order valence-corrected chi connectivity index (χ2v) is 9.97. The zero-order valence-electron chi connectivity index (χ0n) is 19.7. The molecular weight excluding hydrogens is 470 g/mol. The number of phenolic OH excluding ortho intramolecular Hbond substituents is 1. The van der Waals surface area contributed by atoms with E-state index in [1.54, 1.807) is 23.9 Å². The minimum Gasteiger partial charge on any atom is -0.508 e. The average molecular weight is 500 g/mol. The van der Waals surface area contributed by atoms with Crippen LogP contribution in [0.15, 0.2) is 108 Å². The second-order valence-electron chi connectivity index (χ2n) is 8.87. The van der Waals surface area contributed by atoms with E-state index < -0.39 is 6.29 Å². The number of anilines is 1. The topological polar surface area (TPSA) is 84.9 Å². The molecule has 1 unspecified atom stereocenters. The number of aromatic hydroxyl groups is 1. The highest BCUT2D eigenvalue weighted by Crippen LogP contribution is 2.48. The van der Waals surface area contributed by atoms with Crippen molar-refractivity contribution in [2.24, 2.45) is 0 Å². The van der Waals surface area contributed by atoms with E-state index in [1.807, 2.05) is 78.9 Å². The maximum Gasteiger partial charge on any atom is 0.185 e. The van der Waals surface area contributed by atoms with E-state index in [2.05, 4.69) is 12.1 Å². The van der Waals surface area contributed by atoms with Gasteiger partial charge >= 0.3 is 0 Å². The molecule has 0 radical (unpaired) electrons. The van der Waals surface area contributed by atoms with Crippen LogP contribution < -0.4 is 5.73 Å². The van der Waals surface area contributed by atoms with Gasteiger partial charge in [0.2, 0.25) is 0 Å². The van der Waals surface area contributed by atoms with Crippen molar-refractivity contribution < 1.29 is 19.7 Å². The molecule has 0 saturated carbocycles. The SMILES string of the molecule is Nc1cccc(C2O[C@H](CSc3ccc(O)cc3)[C@@H](c3ccccc3)[C@H](c3ccc(CO)cc3)O2)c1.